The van der Waals surface area contributed by atoms with E-state index in [2.05, 4.69) is 20.6 Å². The summed E-state index contributed by atoms with van der Waals surface area (Å²) in [6, 6.07) is 19.4. The van der Waals surface area contributed by atoms with E-state index in [1.807, 2.05) is 93.7 Å². The van der Waals surface area contributed by atoms with Gasteiger partial charge in [0, 0.05) is 12.1 Å². The van der Waals surface area contributed by atoms with Crippen LogP contribution in [0.4, 0.5) is 0 Å². The van der Waals surface area contributed by atoms with Crippen molar-refractivity contribution < 1.29 is 9.90 Å². The minimum Gasteiger partial charge on any atom is -0.394 e. The largest absolute Gasteiger partial charge is 0.394 e. The number of benzene rings is 2. The van der Waals surface area contributed by atoms with Gasteiger partial charge in [-0.05, 0) is 39.3 Å². The van der Waals surface area contributed by atoms with E-state index in [0.29, 0.717) is 17.2 Å². The molecular weight excluding hydrogens is 446 g/mol. The summed E-state index contributed by atoms with van der Waals surface area (Å²) in [6.45, 7) is 8.39. The molecule has 0 saturated heterocycles. The Morgan fingerprint density at radius 1 is 1.03 bits per heavy atom. The topological polar surface area (TPSA) is 95.0 Å². The van der Waals surface area contributed by atoms with Gasteiger partial charge in [-0.1, -0.05) is 82.3 Å². The van der Waals surface area contributed by atoms with E-state index in [-0.39, 0.29) is 24.5 Å². The Hall–Kier alpha value is -3.36. The molecule has 34 heavy (non-hydrogen) atoms. The van der Waals surface area contributed by atoms with Gasteiger partial charge in [-0.2, -0.15) is 5.21 Å². The van der Waals surface area contributed by atoms with E-state index in [9.17, 15) is 9.90 Å². The van der Waals surface area contributed by atoms with Gasteiger partial charge >= 0.3 is 0 Å². The van der Waals surface area contributed by atoms with Gasteiger partial charge in [-0.3, -0.25) is 4.79 Å². The molecule has 0 aliphatic carbocycles. The van der Waals surface area contributed by atoms with Crippen LogP contribution in [0.3, 0.4) is 0 Å². The van der Waals surface area contributed by atoms with Crippen LogP contribution in [0.15, 0.2) is 66.0 Å². The summed E-state index contributed by atoms with van der Waals surface area (Å²) in [5.74, 6) is 0.615. The van der Waals surface area contributed by atoms with Crippen molar-refractivity contribution in [3.63, 3.8) is 0 Å². The van der Waals surface area contributed by atoms with Gasteiger partial charge in [0.05, 0.1) is 17.5 Å². The van der Waals surface area contributed by atoms with Gasteiger partial charge < -0.3 is 10.0 Å². The van der Waals surface area contributed by atoms with Crippen LogP contribution in [0, 0.1) is 5.92 Å². The van der Waals surface area contributed by atoms with E-state index in [1.165, 1.54) is 11.3 Å². The quantitative estimate of drug-likeness (QED) is 0.360. The maximum atomic E-state index is 13.2. The van der Waals surface area contributed by atoms with Gasteiger partial charge in [0.15, 0.2) is 0 Å². The predicted molar refractivity (Wildman–Crippen MR) is 136 cm³/mol. The first-order valence-corrected chi connectivity index (χ1v) is 12.3. The van der Waals surface area contributed by atoms with Crippen LogP contribution >= 0.6 is 11.3 Å². The van der Waals surface area contributed by atoms with Crippen molar-refractivity contribution in [3.8, 4) is 22.5 Å². The number of nitrogens with zero attached hydrogens (tertiary/aromatic N) is 4. The molecule has 2 aromatic heterocycles. The second-order valence-corrected chi connectivity index (χ2v) is 8.83. The number of aromatic amines is 1. The number of thiophene rings is 1. The standard InChI is InChI=1S/C24H25N5O2S.C2H6/c1-16(2)21(15-30)29(24(31)22-8-5-13-32-22)14-17-9-11-18(12-10-17)19-6-3-4-7-20(19)23-25-27-28-26-23;1-2/h3-13,16,21,30H,14-15H2,1-2H3,(H,25,26,27,28);1-2H3/t21-;/m1./s1. The average Bonchev–Trinajstić information content (AvgIpc) is 3.60. The number of tetrazole rings is 1. The van der Waals surface area contributed by atoms with Crippen molar-refractivity contribution in [2.75, 3.05) is 6.61 Å². The summed E-state index contributed by atoms with van der Waals surface area (Å²) >= 11 is 1.42. The molecule has 0 aliphatic heterocycles. The summed E-state index contributed by atoms with van der Waals surface area (Å²) in [5, 5.41) is 26.3. The Labute approximate surface area is 204 Å². The molecule has 0 aliphatic rings. The van der Waals surface area contributed by atoms with Gasteiger partial charge in [0.1, 0.15) is 0 Å². The fraction of sp³-hybridized carbons (Fsp3) is 0.308. The molecule has 1 atom stereocenters. The summed E-state index contributed by atoms with van der Waals surface area (Å²) in [5.41, 5.74) is 3.91. The highest BCUT2D eigenvalue weighted by Gasteiger charge is 2.27. The number of hydrogen-bond donors (Lipinski definition) is 2. The smallest absolute Gasteiger partial charge is 0.264 e. The SMILES string of the molecule is CC.CC(C)[C@@H](CO)N(Cc1ccc(-c2ccccc2-c2nn[nH]n2)cc1)C(=O)c1cccs1. The number of nitrogens with one attached hydrogen (secondary N) is 1. The lowest BCUT2D eigenvalue weighted by atomic mass is 9.97. The zero-order chi connectivity index (χ0) is 24.5. The fourth-order valence-corrected chi connectivity index (χ4v) is 4.42. The van der Waals surface area contributed by atoms with Gasteiger partial charge in [-0.15, -0.1) is 21.5 Å². The third-order valence-electron chi connectivity index (χ3n) is 5.48. The van der Waals surface area contributed by atoms with E-state index in [1.54, 1.807) is 4.90 Å². The van der Waals surface area contributed by atoms with Crippen molar-refractivity contribution in [1.29, 1.82) is 0 Å². The van der Waals surface area contributed by atoms with Crippen LogP contribution in [0.2, 0.25) is 0 Å². The number of aliphatic hydroxyl groups is 1. The number of carbonyl (C=O) groups excluding carboxylic acids is 1. The number of amides is 1. The molecule has 4 rings (SSSR count). The highest BCUT2D eigenvalue weighted by atomic mass is 32.1. The molecule has 1 amide bonds. The van der Waals surface area contributed by atoms with Gasteiger partial charge in [0.2, 0.25) is 5.82 Å². The Bertz CT molecular complexity index is 1140. The first-order chi connectivity index (χ1) is 16.6. The lowest BCUT2D eigenvalue weighted by Gasteiger charge is -2.33. The second kappa shape index (κ2) is 12.2. The second-order valence-electron chi connectivity index (χ2n) is 7.88. The third kappa shape index (κ3) is 5.76. The van der Waals surface area contributed by atoms with Crippen LogP contribution in [-0.4, -0.2) is 49.2 Å². The van der Waals surface area contributed by atoms with Crippen LogP contribution in [0.5, 0.6) is 0 Å². The Balaban J connectivity index is 0.00000158. The molecule has 7 nitrogen and oxygen atoms in total. The number of H-pyrrole nitrogens is 1. The minimum absolute atomic E-state index is 0.0562. The Kier molecular flexibility index (Phi) is 9.07. The molecule has 0 bridgehead atoms. The first kappa shape index (κ1) is 25.3. The summed E-state index contributed by atoms with van der Waals surface area (Å²) in [6.07, 6.45) is 0. The zero-order valence-corrected chi connectivity index (χ0v) is 20.8. The molecule has 0 unspecified atom stereocenters. The number of aromatic nitrogens is 4. The van der Waals surface area contributed by atoms with Crippen LogP contribution in [0.1, 0.15) is 42.9 Å². The Morgan fingerprint density at radius 2 is 1.74 bits per heavy atom. The molecule has 0 radical (unpaired) electrons. The zero-order valence-electron chi connectivity index (χ0n) is 20.0. The molecule has 0 spiro atoms. The van der Waals surface area contributed by atoms with E-state index in [4.69, 9.17) is 0 Å². The predicted octanol–water partition coefficient (Wildman–Crippen LogP) is 5.28. The van der Waals surface area contributed by atoms with Gasteiger partial charge in [-0.25, -0.2) is 0 Å². The van der Waals surface area contributed by atoms with E-state index < -0.39 is 0 Å². The first-order valence-electron chi connectivity index (χ1n) is 11.5. The molecule has 0 fully saturated rings. The lowest BCUT2D eigenvalue weighted by Crippen LogP contribution is -2.44. The number of rotatable bonds is 8. The maximum absolute atomic E-state index is 13.2. The van der Waals surface area contributed by atoms with Crippen LogP contribution in [0.25, 0.3) is 22.5 Å². The monoisotopic (exact) mass is 477 g/mol. The summed E-state index contributed by atoms with van der Waals surface area (Å²) < 4.78 is 0. The molecule has 4 aromatic rings. The highest BCUT2D eigenvalue weighted by Crippen LogP contribution is 2.30. The lowest BCUT2D eigenvalue weighted by molar-refractivity contribution is 0.0487. The molecular formula is C26H31N5O2S. The van der Waals surface area contributed by atoms with Crippen molar-refractivity contribution in [2.45, 2.75) is 40.3 Å². The molecule has 2 aromatic carbocycles. The molecule has 2 N–H and O–H groups in total. The van der Waals surface area contributed by atoms with Crippen molar-refractivity contribution in [3.05, 3.63) is 76.5 Å². The Morgan fingerprint density at radius 3 is 2.29 bits per heavy atom. The third-order valence-corrected chi connectivity index (χ3v) is 6.34. The van der Waals surface area contributed by atoms with E-state index in [0.717, 1.165) is 22.3 Å². The fourth-order valence-electron chi connectivity index (χ4n) is 3.74. The number of aliphatic hydroxyl groups excluding tert-OH is 1. The molecule has 8 heteroatoms. The van der Waals surface area contributed by atoms with Crippen LogP contribution in [-0.2, 0) is 6.54 Å². The summed E-state index contributed by atoms with van der Waals surface area (Å²) in [7, 11) is 0. The highest BCUT2D eigenvalue weighted by molar-refractivity contribution is 7.12. The normalized spacial score (nSPS) is 11.6. The molecule has 2 heterocycles. The average molecular weight is 478 g/mol. The molecule has 0 saturated carbocycles. The van der Waals surface area contributed by atoms with Crippen molar-refractivity contribution in [2.24, 2.45) is 5.92 Å². The van der Waals surface area contributed by atoms with Crippen LogP contribution < -0.4 is 0 Å². The number of carbonyl (C=O) groups is 1. The van der Waals surface area contributed by atoms with Crippen molar-refractivity contribution in [1.82, 2.24) is 25.5 Å². The van der Waals surface area contributed by atoms with Gasteiger partial charge in [0.25, 0.3) is 5.91 Å². The van der Waals surface area contributed by atoms with E-state index >= 15 is 0 Å². The minimum atomic E-state index is -0.261. The summed E-state index contributed by atoms with van der Waals surface area (Å²) in [4.78, 5) is 15.6. The molecule has 178 valence electrons. The van der Waals surface area contributed by atoms with Crippen molar-refractivity contribution >= 4 is 17.2 Å². The maximum Gasteiger partial charge on any atom is 0.264 e. The number of hydrogen-bond acceptors (Lipinski definition) is 6.